The van der Waals surface area contributed by atoms with Crippen molar-refractivity contribution in [3.8, 4) is 0 Å². The lowest BCUT2D eigenvalue weighted by molar-refractivity contribution is 0.219. The molecule has 0 amide bonds. The highest BCUT2D eigenvalue weighted by molar-refractivity contribution is 7.99. The van der Waals surface area contributed by atoms with Crippen molar-refractivity contribution in [2.24, 2.45) is 0 Å². The Hall–Kier alpha value is -0.510. The number of hydrogen-bond donors (Lipinski definition) is 1. The molecule has 1 aromatic rings. The van der Waals surface area contributed by atoms with Gasteiger partial charge in [-0.3, -0.25) is 0 Å². The van der Waals surface area contributed by atoms with Crippen molar-refractivity contribution >= 4 is 11.8 Å². The van der Waals surface area contributed by atoms with Crippen molar-refractivity contribution in [3.05, 3.63) is 30.3 Å². The van der Waals surface area contributed by atoms with Crippen LogP contribution < -0.4 is 0 Å². The predicted molar refractivity (Wildman–Crippen MR) is 80.2 cm³/mol. The first-order chi connectivity index (χ1) is 8.83. The van der Waals surface area contributed by atoms with Gasteiger partial charge in [-0.05, 0) is 44.3 Å². The molecular weight excluding hydrogens is 242 g/mol. The molecule has 0 aromatic heterocycles. The van der Waals surface area contributed by atoms with Crippen LogP contribution in [0.1, 0.15) is 25.7 Å². The molecule has 0 bridgehead atoms. The second-order valence-corrected chi connectivity index (χ2v) is 5.77. The maximum Gasteiger partial charge on any atom is 0.0558 e. The summed E-state index contributed by atoms with van der Waals surface area (Å²) in [4.78, 5) is 3.57. The molecule has 0 unspecified atom stereocenters. The van der Waals surface area contributed by atoms with Gasteiger partial charge < -0.3 is 10.0 Å². The van der Waals surface area contributed by atoms with E-state index >= 15 is 0 Å². The Balaban J connectivity index is 1.90. The normalized spacial score (nSPS) is 11.1. The first-order valence-corrected chi connectivity index (χ1v) is 7.78. The fraction of sp³-hybridized carbons (Fsp3) is 0.600. The van der Waals surface area contributed by atoms with E-state index in [9.17, 15) is 0 Å². The maximum absolute atomic E-state index is 8.77. The van der Waals surface area contributed by atoms with Crippen LogP contribution >= 0.6 is 11.8 Å². The number of aliphatic hydroxyl groups excluding tert-OH is 1. The predicted octanol–water partition coefficient (Wildman–Crippen LogP) is 3.26. The third kappa shape index (κ3) is 7.75. The van der Waals surface area contributed by atoms with E-state index < -0.39 is 0 Å². The molecule has 0 saturated carbocycles. The lowest BCUT2D eigenvalue weighted by Crippen LogP contribution is -2.23. The molecule has 0 heterocycles. The molecule has 0 fully saturated rings. The van der Waals surface area contributed by atoms with Gasteiger partial charge in [0.25, 0.3) is 0 Å². The van der Waals surface area contributed by atoms with Gasteiger partial charge in [0.1, 0.15) is 0 Å². The van der Waals surface area contributed by atoms with Crippen molar-refractivity contribution in [2.45, 2.75) is 30.6 Å². The molecule has 0 saturated heterocycles. The number of hydrogen-bond acceptors (Lipinski definition) is 3. The molecule has 0 spiro atoms. The van der Waals surface area contributed by atoms with Gasteiger partial charge in [-0.2, -0.15) is 0 Å². The zero-order valence-electron chi connectivity index (χ0n) is 11.3. The van der Waals surface area contributed by atoms with E-state index in [1.54, 1.807) is 0 Å². The molecular formula is C15H25NOS. The topological polar surface area (TPSA) is 23.5 Å². The Labute approximate surface area is 115 Å². The van der Waals surface area contributed by atoms with Crippen LogP contribution in [-0.4, -0.2) is 42.5 Å². The van der Waals surface area contributed by atoms with E-state index in [0.29, 0.717) is 0 Å². The fourth-order valence-corrected chi connectivity index (χ4v) is 2.76. The van der Waals surface area contributed by atoms with E-state index in [4.69, 9.17) is 5.11 Å². The lowest BCUT2D eigenvalue weighted by Gasteiger charge is -2.14. The molecule has 0 aliphatic rings. The van der Waals surface area contributed by atoms with Crippen LogP contribution in [0.2, 0.25) is 0 Å². The average Bonchev–Trinajstić information content (AvgIpc) is 2.39. The first kappa shape index (κ1) is 15.5. The van der Waals surface area contributed by atoms with Gasteiger partial charge in [0.05, 0.1) is 6.61 Å². The third-order valence-corrected chi connectivity index (χ3v) is 4.03. The SMILES string of the molecule is CN(CCO)CCCCCCSc1ccccc1. The molecule has 0 atom stereocenters. The van der Waals surface area contributed by atoms with Gasteiger partial charge in [0.15, 0.2) is 0 Å². The first-order valence-electron chi connectivity index (χ1n) is 6.80. The number of benzene rings is 1. The second kappa shape index (κ2) is 10.4. The fourth-order valence-electron chi connectivity index (χ4n) is 1.83. The van der Waals surface area contributed by atoms with Gasteiger partial charge in [-0.1, -0.05) is 31.0 Å². The number of likely N-dealkylation sites (N-methyl/N-ethyl adjacent to an activating group) is 1. The van der Waals surface area contributed by atoms with Crippen LogP contribution in [0, 0.1) is 0 Å². The Morgan fingerprint density at radius 2 is 1.72 bits per heavy atom. The average molecular weight is 267 g/mol. The highest BCUT2D eigenvalue weighted by Crippen LogP contribution is 2.18. The second-order valence-electron chi connectivity index (χ2n) is 4.60. The van der Waals surface area contributed by atoms with Crippen LogP contribution in [0.15, 0.2) is 35.2 Å². The van der Waals surface area contributed by atoms with Crippen LogP contribution in [-0.2, 0) is 0 Å². The molecule has 0 aliphatic heterocycles. The summed E-state index contributed by atoms with van der Waals surface area (Å²) in [6.45, 7) is 2.17. The van der Waals surface area contributed by atoms with Crippen LogP contribution in [0.3, 0.4) is 0 Å². The molecule has 18 heavy (non-hydrogen) atoms. The Bertz CT molecular complexity index is 292. The minimum atomic E-state index is 0.268. The molecule has 1 aromatic carbocycles. The van der Waals surface area contributed by atoms with Crippen molar-refractivity contribution in [1.29, 1.82) is 0 Å². The highest BCUT2D eigenvalue weighted by atomic mass is 32.2. The number of unbranched alkanes of at least 4 members (excludes halogenated alkanes) is 3. The highest BCUT2D eigenvalue weighted by Gasteiger charge is 1.97. The zero-order valence-corrected chi connectivity index (χ0v) is 12.2. The van der Waals surface area contributed by atoms with Crippen LogP contribution in [0.25, 0.3) is 0 Å². The molecule has 1 rings (SSSR count). The largest absolute Gasteiger partial charge is 0.395 e. The summed E-state index contributed by atoms with van der Waals surface area (Å²) in [5, 5.41) is 8.77. The van der Waals surface area contributed by atoms with Crippen LogP contribution in [0.5, 0.6) is 0 Å². The van der Waals surface area contributed by atoms with Gasteiger partial charge in [-0.15, -0.1) is 11.8 Å². The minimum Gasteiger partial charge on any atom is -0.395 e. The molecule has 0 radical (unpaired) electrons. The van der Waals surface area contributed by atoms with Gasteiger partial charge in [0.2, 0.25) is 0 Å². The molecule has 0 aliphatic carbocycles. The number of thioether (sulfide) groups is 1. The molecule has 2 nitrogen and oxygen atoms in total. The van der Waals surface area contributed by atoms with Crippen molar-refractivity contribution in [1.82, 2.24) is 4.90 Å². The molecule has 1 N–H and O–H groups in total. The summed E-state index contributed by atoms with van der Waals surface area (Å²) < 4.78 is 0. The summed E-state index contributed by atoms with van der Waals surface area (Å²) >= 11 is 1.95. The number of rotatable bonds is 10. The zero-order chi connectivity index (χ0) is 13.1. The van der Waals surface area contributed by atoms with E-state index in [2.05, 4.69) is 42.3 Å². The monoisotopic (exact) mass is 267 g/mol. The number of aliphatic hydroxyl groups is 1. The lowest BCUT2D eigenvalue weighted by atomic mass is 10.2. The smallest absolute Gasteiger partial charge is 0.0558 e. The van der Waals surface area contributed by atoms with Crippen molar-refractivity contribution in [3.63, 3.8) is 0 Å². The van der Waals surface area contributed by atoms with Crippen molar-refractivity contribution < 1.29 is 5.11 Å². The standard InChI is InChI=1S/C15H25NOS/c1-16(12-13-17)11-7-2-3-8-14-18-15-9-5-4-6-10-15/h4-6,9-10,17H,2-3,7-8,11-14H2,1H3. The van der Waals surface area contributed by atoms with Gasteiger partial charge >= 0.3 is 0 Å². The van der Waals surface area contributed by atoms with E-state index in [-0.39, 0.29) is 6.61 Å². The Kier molecular flexibility index (Phi) is 9.00. The summed E-state index contributed by atoms with van der Waals surface area (Å²) in [6, 6.07) is 10.6. The Morgan fingerprint density at radius 3 is 2.44 bits per heavy atom. The molecule has 102 valence electrons. The third-order valence-electron chi connectivity index (χ3n) is 2.93. The minimum absolute atomic E-state index is 0.268. The van der Waals surface area contributed by atoms with Crippen LogP contribution in [0.4, 0.5) is 0 Å². The summed E-state index contributed by atoms with van der Waals surface area (Å²) in [7, 11) is 2.07. The van der Waals surface area contributed by atoms with Crippen molar-refractivity contribution in [2.75, 3.05) is 32.5 Å². The van der Waals surface area contributed by atoms with E-state index in [0.717, 1.165) is 13.1 Å². The van der Waals surface area contributed by atoms with E-state index in [1.165, 1.54) is 36.3 Å². The Morgan fingerprint density at radius 1 is 1.00 bits per heavy atom. The summed E-state index contributed by atoms with van der Waals surface area (Å²) in [6.07, 6.45) is 5.15. The summed E-state index contributed by atoms with van der Waals surface area (Å²) in [5.41, 5.74) is 0. The molecule has 3 heteroatoms. The van der Waals surface area contributed by atoms with Gasteiger partial charge in [0, 0.05) is 11.4 Å². The van der Waals surface area contributed by atoms with Gasteiger partial charge in [-0.25, -0.2) is 0 Å². The summed E-state index contributed by atoms with van der Waals surface area (Å²) in [5.74, 6) is 1.22. The maximum atomic E-state index is 8.77. The van der Waals surface area contributed by atoms with E-state index in [1.807, 2.05) is 11.8 Å². The quantitative estimate of drug-likeness (QED) is 0.520. The number of nitrogens with zero attached hydrogens (tertiary/aromatic N) is 1.